The summed E-state index contributed by atoms with van der Waals surface area (Å²) in [5.74, 6) is 0.861. The summed E-state index contributed by atoms with van der Waals surface area (Å²) in [6.45, 7) is 2.01. The Balaban J connectivity index is 2.00. The number of fused-ring (bicyclic) bond motifs is 1. The molecule has 1 N–H and O–H groups in total. The molecule has 1 aromatic carbocycles. The SMILES string of the molecule is CCNC(COCC(F)(F)F)c1ccc2c(c1)CCO2. The van der Waals surface area contributed by atoms with Crippen molar-refractivity contribution in [1.29, 1.82) is 0 Å². The van der Waals surface area contributed by atoms with E-state index in [-0.39, 0.29) is 12.6 Å². The van der Waals surface area contributed by atoms with Gasteiger partial charge in [-0.15, -0.1) is 0 Å². The minimum absolute atomic E-state index is 0.00695. The maximum absolute atomic E-state index is 12.1. The third-order valence-electron chi connectivity index (χ3n) is 3.12. The molecule has 1 unspecified atom stereocenters. The van der Waals surface area contributed by atoms with Crippen molar-refractivity contribution in [2.75, 3.05) is 26.4 Å². The minimum atomic E-state index is -4.29. The van der Waals surface area contributed by atoms with Gasteiger partial charge in [-0.25, -0.2) is 0 Å². The van der Waals surface area contributed by atoms with Gasteiger partial charge in [0.15, 0.2) is 0 Å². The highest BCUT2D eigenvalue weighted by atomic mass is 19.4. The van der Waals surface area contributed by atoms with Crippen LogP contribution in [0.1, 0.15) is 24.1 Å². The number of hydrogen-bond acceptors (Lipinski definition) is 3. The van der Waals surface area contributed by atoms with Gasteiger partial charge >= 0.3 is 6.18 Å². The van der Waals surface area contributed by atoms with E-state index in [4.69, 9.17) is 9.47 Å². The van der Waals surface area contributed by atoms with Crippen LogP contribution in [-0.4, -0.2) is 32.5 Å². The fourth-order valence-electron chi connectivity index (χ4n) is 2.24. The highest BCUT2D eigenvalue weighted by Gasteiger charge is 2.28. The Bertz CT molecular complexity index is 449. The van der Waals surface area contributed by atoms with Crippen molar-refractivity contribution in [3.63, 3.8) is 0 Å². The van der Waals surface area contributed by atoms with Crippen molar-refractivity contribution >= 4 is 0 Å². The summed E-state index contributed by atoms with van der Waals surface area (Å²) in [5, 5.41) is 3.14. The highest BCUT2D eigenvalue weighted by molar-refractivity contribution is 5.40. The van der Waals surface area contributed by atoms with Crippen LogP contribution in [0.25, 0.3) is 0 Å². The number of ether oxygens (including phenoxy) is 2. The number of nitrogens with one attached hydrogen (secondary N) is 1. The fraction of sp³-hybridized carbons (Fsp3) is 0.571. The average Bonchev–Trinajstić information content (AvgIpc) is 2.83. The van der Waals surface area contributed by atoms with E-state index in [1.54, 1.807) is 0 Å². The molecule has 0 amide bonds. The van der Waals surface area contributed by atoms with Crippen LogP contribution >= 0.6 is 0 Å². The van der Waals surface area contributed by atoms with Crippen molar-refractivity contribution in [2.45, 2.75) is 25.6 Å². The summed E-state index contributed by atoms with van der Waals surface area (Å²) in [7, 11) is 0. The van der Waals surface area contributed by atoms with Crippen molar-refractivity contribution in [2.24, 2.45) is 0 Å². The predicted molar refractivity (Wildman–Crippen MR) is 68.9 cm³/mol. The van der Waals surface area contributed by atoms with Gasteiger partial charge in [0, 0.05) is 6.42 Å². The van der Waals surface area contributed by atoms with Crippen molar-refractivity contribution < 1.29 is 22.6 Å². The van der Waals surface area contributed by atoms with Gasteiger partial charge in [0.1, 0.15) is 12.4 Å². The average molecular weight is 289 g/mol. The summed E-state index contributed by atoms with van der Waals surface area (Å²) >= 11 is 0. The first-order chi connectivity index (χ1) is 9.49. The molecule has 1 aliphatic rings. The van der Waals surface area contributed by atoms with Crippen LogP contribution in [0.5, 0.6) is 5.75 Å². The van der Waals surface area contributed by atoms with Crippen LogP contribution in [0.2, 0.25) is 0 Å². The summed E-state index contributed by atoms with van der Waals surface area (Å²) in [6.07, 6.45) is -3.45. The molecular formula is C14H18F3NO2. The van der Waals surface area contributed by atoms with Gasteiger partial charge < -0.3 is 14.8 Å². The predicted octanol–water partition coefficient (Wildman–Crippen LogP) is 2.85. The summed E-state index contributed by atoms with van der Waals surface area (Å²) in [4.78, 5) is 0. The molecule has 0 aliphatic carbocycles. The Morgan fingerprint density at radius 1 is 1.40 bits per heavy atom. The maximum atomic E-state index is 12.1. The summed E-state index contributed by atoms with van der Waals surface area (Å²) in [6, 6.07) is 5.47. The lowest BCUT2D eigenvalue weighted by atomic mass is 10.0. The van der Waals surface area contributed by atoms with Gasteiger partial charge in [-0.3, -0.25) is 0 Å². The van der Waals surface area contributed by atoms with Crippen LogP contribution in [0.3, 0.4) is 0 Å². The zero-order valence-corrected chi connectivity index (χ0v) is 11.3. The molecule has 0 fully saturated rings. The van der Waals surface area contributed by atoms with Crippen LogP contribution in [0, 0.1) is 0 Å². The molecule has 0 saturated heterocycles. The van der Waals surface area contributed by atoms with Crippen LogP contribution in [0.15, 0.2) is 18.2 Å². The second-order valence-corrected chi connectivity index (χ2v) is 4.71. The van der Waals surface area contributed by atoms with Gasteiger partial charge in [0.05, 0.1) is 19.3 Å². The molecular weight excluding hydrogens is 271 g/mol. The lowest BCUT2D eigenvalue weighted by Gasteiger charge is -2.19. The van der Waals surface area contributed by atoms with Gasteiger partial charge in [-0.1, -0.05) is 19.1 Å². The van der Waals surface area contributed by atoms with Gasteiger partial charge in [0.25, 0.3) is 0 Å². The molecule has 0 bridgehead atoms. The summed E-state index contributed by atoms with van der Waals surface area (Å²) in [5.41, 5.74) is 2.03. The van der Waals surface area contributed by atoms with E-state index in [1.807, 2.05) is 25.1 Å². The minimum Gasteiger partial charge on any atom is -0.493 e. The largest absolute Gasteiger partial charge is 0.493 e. The Kier molecular flexibility index (Phi) is 4.88. The highest BCUT2D eigenvalue weighted by Crippen LogP contribution is 2.28. The molecule has 0 spiro atoms. The van der Waals surface area contributed by atoms with E-state index in [1.165, 1.54) is 0 Å². The zero-order valence-electron chi connectivity index (χ0n) is 11.3. The Morgan fingerprint density at radius 2 is 2.20 bits per heavy atom. The molecule has 0 aromatic heterocycles. The van der Waals surface area contributed by atoms with E-state index in [0.29, 0.717) is 13.2 Å². The first kappa shape index (κ1) is 15.1. The molecule has 20 heavy (non-hydrogen) atoms. The third-order valence-corrected chi connectivity index (χ3v) is 3.12. The second kappa shape index (κ2) is 6.45. The van der Waals surface area contributed by atoms with E-state index >= 15 is 0 Å². The Morgan fingerprint density at radius 3 is 2.90 bits per heavy atom. The molecule has 1 aromatic rings. The molecule has 1 aliphatic heterocycles. The molecule has 2 rings (SSSR count). The maximum Gasteiger partial charge on any atom is 0.411 e. The second-order valence-electron chi connectivity index (χ2n) is 4.71. The van der Waals surface area contributed by atoms with E-state index in [2.05, 4.69) is 5.32 Å². The fourth-order valence-corrected chi connectivity index (χ4v) is 2.24. The van der Waals surface area contributed by atoms with Crippen molar-refractivity contribution in [1.82, 2.24) is 5.32 Å². The number of alkyl halides is 3. The smallest absolute Gasteiger partial charge is 0.411 e. The number of likely N-dealkylation sites (N-methyl/N-ethyl adjacent to an activating group) is 1. The number of halogens is 3. The van der Waals surface area contributed by atoms with Crippen LogP contribution < -0.4 is 10.1 Å². The topological polar surface area (TPSA) is 30.5 Å². The van der Waals surface area contributed by atoms with E-state index in [9.17, 15) is 13.2 Å². The third kappa shape index (κ3) is 4.11. The molecule has 1 atom stereocenters. The van der Waals surface area contributed by atoms with Crippen LogP contribution in [0.4, 0.5) is 13.2 Å². The normalized spacial score (nSPS) is 15.8. The molecule has 3 nitrogen and oxygen atoms in total. The first-order valence-corrected chi connectivity index (χ1v) is 6.63. The van der Waals surface area contributed by atoms with Crippen LogP contribution in [-0.2, 0) is 11.2 Å². The number of benzene rings is 1. The lowest BCUT2D eigenvalue weighted by molar-refractivity contribution is -0.175. The molecule has 0 radical (unpaired) electrons. The molecule has 0 saturated carbocycles. The molecule has 6 heteroatoms. The van der Waals surface area contributed by atoms with E-state index < -0.39 is 12.8 Å². The zero-order chi connectivity index (χ0) is 14.6. The van der Waals surface area contributed by atoms with Crippen molar-refractivity contribution in [3.05, 3.63) is 29.3 Å². The first-order valence-electron chi connectivity index (χ1n) is 6.63. The number of rotatable bonds is 6. The van der Waals surface area contributed by atoms with E-state index in [0.717, 1.165) is 23.3 Å². The standard InChI is InChI=1S/C14H18F3NO2/c1-2-18-12(8-19-9-14(15,16)17)10-3-4-13-11(7-10)5-6-20-13/h3-4,7,12,18H,2,5-6,8-9H2,1H3. The Labute approximate surface area is 116 Å². The van der Waals surface area contributed by atoms with Gasteiger partial charge in [-0.05, 0) is 23.7 Å². The lowest BCUT2D eigenvalue weighted by Crippen LogP contribution is -2.28. The molecule has 1 heterocycles. The molecule has 112 valence electrons. The van der Waals surface area contributed by atoms with Gasteiger partial charge in [0.2, 0.25) is 0 Å². The van der Waals surface area contributed by atoms with Crippen molar-refractivity contribution in [3.8, 4) is 5.75 Å². The monoisotopic (exact) mass is 289 g/mol. The Hall–Kier alpha value is -1.27. The number of hydrogen-bond donors (Lipinski definition) is 1. The van der Waals surface area contributed by atoms with Gasteiger partial charge in [-0.2, -0.15) is 13.2 Å². The quantitative estimate of drug-likeness (QED) is 0.873. The summed E-state index contributed by atoms with van der Waals surface area (Å²) < 4.78 is 46.5.